The zero-order chi connectivity index (χ0) is 8.39. The topological polar surface area (TPSA) is 42.9 Å². The molecular weight excluding hydrogens is 192 g/mol. The normalized spacial score (nSPS) is 16.7. The highest BCUT2D eigenvalue weighted by Gasteiger charge is 2.13. The third-order valence-electron chi connectivity index (χ3n) is 1.50. The van der Waals surface area contributed by atoms with Crippen LogP contribution in [-0.2, 0) is 4.79 Å². The molecule has 1 aromatic rings. The summed E-state index contributed by atoms with van der Waals surface area (Å²) < 4.78 is 0.913. The number of rotatable bonds is 2. The molecule has 1 aliphatic carbocycles. The molecule has 0 aromatic carbocycles. The van der Waals surface area contributed by atoms with Crippen LogP contribution in [0, 0.1) is 0 Å². The maximum Gasteiger partial charge on any atom is 0.178 e. The Hall–Kier alpha value is -0.680. The molecule has 2 rings (SSSR count). The number of carbonyl (C=O) groups excluding carboxylic acids is 1. The SMILES string of the molecule is O=C1C=C(Sc2nncs2)CC1. The number of aromatic nitrogens is 2. The Balaban J connectivity index is 2.05. The van der Waals surface area contributed by atoms with E-state index in [1.54, 1.807) is 23.3 Å². The summed E-state index contributed by atoms with van der Waals surface area (Å²) in [7, 11) is 0. The first kappa shape index (κ1) is 7.94. The van der Waals surface area contributed by atoms with Crippen molar-refractivity contribution in [1.82, 2.24) is 10.2 Å². The molecule has 0 atom stereocenters. The number of hydrogen-bond acceptors (Lipinski definition) is 5. The Morgan fingerprint density at radius 1 is 1.50 bits per heavy atom. The van der Waals surface area contributed by atoms with Gasteiger partial charge in [-0.25, -0.2) is 0 Å². The Morgan fingerprint density at radius 3 is 3.00 bits per heavy atom. The lowest BCUT2D eigenvalue weighted by molar-refractivity contribution is -0.114. The lowest BCUT2D eigenvalue weighted by atomic mass is 10.3. The zero-order valence-corrected chi connectivity index (χ0v) is 7.82. The van der Waals surface area contributed by atoms with Gasteiger partial charge in [-0.1, -0.05) is 23.1 Å². The Labute approximate surface area is 77.9 Å². The first-order chi connectivity index (χ1) is 5.84. The van der Waals surface area contributed by atoms with Gasteiger partial charge in [-0.3, -0.25) is 4.79 Å². The van der Waals surface area contributed by atoms with Gasteiger partial charge < -0.3 is 0 Å². The smallest absolute Gasteiger partial charge is 0.178 e. The second-order valence-corrected chi connectivity index (χ2v) is 4.59. The largest absolute Gasteiger partial charge is 0.295 e. The van der Waals surface area contributed by atoms with Crippen LogP contribution in [0.1, 0.15) is 12.8 Å². The van der Waals surface area contributed by atoms with E-state index in [1.807, 2.05) is 0 Å². The summed E-state index contributed by atoms with van der Waals surface area (Å²) in [4.78, 5) is 12.0. The van der Waals surface area contributed by atoms with Crippen molar-refractivity contribution in [2.24, 2.45) is 0 Å². The third kappa shape index (κ3) is 1.73. The van der Waals surface area contributed by atoms with Gasteiger partial charge in [0.1, 0.15) is 5.51 Å². The van der Waals surface area contributed by atoms with Crippen LogP contribution in [0.3, 0.4) is 0 Å². The van der Waals surface area contributed by atoms with Crippen LogP contribution in [0.25, 0.3) is 0 Å². The summed E-state index contributed by atoms with van der Waals surface area (Å²) in [5.41, 5.74) is 1.69. The van der Waals surface area contributed by atoms with Crippen molar-refractivity contribution in [2.75, 3.05) is 0 Å². The number of carbonyl (C=O) groups is 1. The summed E-state index contributed by atoms with van der Waals surface area (Å²) in [6.07, 6.45) is 3.22. The van der Waals surface area contributed by atoms with Gasteiger partial charge in [-0.05, 0) is 17.4 Å². The minimum atomic E-state index is 0.224. The Kier molecular flexibility index (Phi) is 2.23. The third-order valence-corrected chi connectivity index (χ3v) is 3.36. The first-order valence-electron chi connectivity index (χ1n) is 3.52. The van der Waals surface area contributed by atoms with Gasteiger partial charge >= 0.3 is 0 Å². The average Bonchev–Trinajstić information content (AvgIpc) is 2.63. The average molecular weight is 198 g/mol. The molecule has 1 aliphatic rings. The molecule has 1 aromatic heterocycles. The number of nitrogens with zero attached hydrogens (tertiary/aromatic N) is 2. The monoisotopic (exact) mass is 198 g/mol. The quantitative estimate of drug-likeness (QED) is 0.727. The number of allylic oxidation sites excluding steroid dienone is 2. The fourth-order valence-corrected chi connectivity index (χ4v) is 2.60. The van der Waals surface area contributed by atoms with Crippen LogP contribution < -0.4 is 0 Å². The molecule has 0 saturated carbocycles. The molecule has 1 heterocycles. The summed E-state index contributed by atoms with van der Waals surface area (Å²) in [5, 5.41) is 7.60. The van der Waals surface area contributed by atoms with E-state index in [1.165, 1.54) is 11.3 Å². The number of thioether (sulfide) groups is 1. The molecule has 0 bridgehead atoms. The summed E-state index contributed by atoms with van der Waals surface area (Å²) in [5.74, 6) is 0.224. The molecular formula is C7H6N2OS2. The van der Waals surface area contributed by atoms with Crippen LogP contribution in [0.4, 0.5) is 0 Å². The second kappa shape index (κ2) is 3.37. The van der Waals surface area contributed by atoms with E-state index >= 15 is 0 Å². The van der Waals surface area contributed by atoms with Crippen molar-refractivity contribution in [3.05, 3.63) is 16.5 Å². The summed E-state index contributed by atoms with van der Waals surface area (Å²) in [6.45, 7) is 0. The Morgan fingerprint density at radius 2 is 2.42 bits per heavy atom. The number of hydrogen-bond donors (Lipinski definition) is 0. The molecule has 0 fully saturated rings. The zero-order valence-electron chi connectivity index (χ0n) is 6.19. The van der Waals surface area contributed by atoms with Crippen LogP contribution in [0.5, 0.6) is 0 Å². The molecule has 5 heteroatoms. The molecule has 0 aliphatic heterocycles. The van der Waals surface area contributed by atoms with Crippen molar-refractivity contribution in [1.29, 1.82) is 0 Å². The van der Waals surface area contributed by atoms with Crippen LogP contribution >= 0.6 is 23.1 Å². The van der Waals surface area contributed by atoms with E-state index < -0.39 is 0 Å². The molecule has 0 radical (unpaired) electrons. The number of ketones is 1. The van der Waals surface area contributed by atoms with Crippen LogP contribution in [-0.4, -0.2) is 16.0 Å². The van der Waals surface area contributed by atoms with Gasteiger partial charge in [0.15, 0.2) is 10.1 Å². The predicted octanol–water partition coefficient (Wildman–Crippen LogP) is 1.88. The van der Waals surface area contributed by atoms with Crippen LogP contribution in [0.2, 0.25) is 0 Å². The fraction of sp³-hybridized carbons (Fsp3) is 0.286. The predicted molar refractivity (Wildman–Crippen MR) is 48.1 cm³/mol. The van der Waals surface area contributed by atoms with E-state index in [9.17, 15) is 4.79 Å². The minimum Gasteiger partial charge on any atom is -0.295 e. The highest BCUT2D eigenvalue weighted by Crippen LogP contribution is 2.33. The fourth-order valence-electron chi connectivity index (χ4n) is 0.970. The van der Waals surface area contributed by atoms with Gasteiger partial charge in [0, 0.05) is 6.42 Å². The molecule has 0 amide bonds. The van der Waals surface area contributed by atoms with E-state index in [-0.39, 0.29) is 5.78 Å². The molecule has 12 heavy (non-hydrogen) atoms. The Bertz CT molecular complexity index is 318. The lowest BCUT2D eigenvalue weighted by Crippen LogP contribution is -1.80. The maximum absolute atomic E-state index is 10.9. The molecule has 0 unspecified atom stereocenters. The van der Waals surface area contributed by atoms with E-state index in [2.05, 4.69) is 10.2 Å². The lowest BCUT2D eigenvalue weighted by Gasteiger charge is -1.92. The van der Waals surface area contributed by atoms with Crippen molar-refractivity contribution >= 4 is 28.9 Å². The molecule has 0 N–H and O–H groups in total. The highest BCUT2D eigenvalue weighted by atomic mass is 32.2. The van der Waals surface area contributed by atoms with Gasteiger partial charge in [0.2, 0.25) is 0 Å². The van der Waals surface area contributed by atoms with E-state index in [0.717, 1.165) is 15.7 Å². The van der Waals surface area contributed by atoms with Crippen LogP contribution in [0.15, 0.2) is 20.8 Å². The maximum atomic E-state index is 10.9. The molecule has 0 spiro atoms. The van der Waals surface area contributed by atoms with Crippen molar-refractivity contribution in [3.63, 3.8) is 0 Å². The highest BCUT2D eigenvalue weighted by molar-refractivity contribution is 8.04. The van der Waals surface area contributed by atoms with Crippen molar-refractivity contribution in [2.45, 2.75) is 17.2 Å². The standard InChI is InChI=1S/C7H6N2OS2/c10-5-1-2-6(3-5)12-7-9-8-4-11-7/h3-4H,1-2H2. The van der Waals surface area contributed by atoms with Gasteiger partial charge in [0.25, 0.3) is 0 Å². The molecule has 62 valence electrons. The second-order valence-electron chi connectivity index (χ2n) is 2.38. The van der Waals surface area contributed by atoms with Gasteiger partial charge in [-0.15, -0.1) is 10.2 Å². The van der Waals surface area contributed by atoms with Crippen molar-refractivity contribution in [3.8, 4) is 0 Å². The summed E-state index contributed by atoms with van der Waals surface area (Å²) >= 11 is 3.05. The van der Waals surface area contributed by atoms with E-state index in [0.29, 0.717) is 6.42 Å². The summed E-state index contributed by atoms with van der Waals surface area (Å²) in [6, 6.07) is 0. The molecule has 0 saturated heterocycles. The van der Waals surface area contributed by atoms with Gasteiger partial charge in [0.05, 0.1) is 0 Å². The van der Waals surface area contributed by atoms with Gasteiger partial charge in [-0.2, -0.15) is 0 Å². The van der Waals surface area contributed by atoms with Crippen molar-refractivity contribution < 1.29 is 4.79 Å². The first-order valence-corrected chi connectivity index (χ1v) is 5.21. The van der Waals surface area contributed by atoms with E-state index in [4.69, 9.17) is 0 Å². The molecule has 3 nitrogen and oxygen atoms in total. The minimum absolute atomic E-state index is 0.224.